The quantitative estimate of drug-likeness (QED) is 0.804. The van der Waals surface area contributed by atoms with Crippen LogP contribution in [0.1, 0.15) is 12.6 Å². The topological polar surface area (TPSA) is 62.5 Å². The minimum Gasteiger partial charge on any atom is -0.358 e. The zero-order chi connectivity index (χ0) is 15.9. The summed E-state index contributed by atoms with van der Waals surface area (Å²) >= 11 is 0. The van der Waals surface area contributed by atoms with Crippen LogP contribution in [0.15, 0.2) is 30.3 Å². The summed E-state index contributed by atoms with van der Waals surface area (Å²) in [4.78, 5) is 18.3. The van der Waals surface area contributed by atoms with Crippen LogP contribution < -0.4 is 5.32 Å². The number of rotatable bonds is 3. The van der Waals surface area contributed by atoms with Crippen molar-refractivity contribution >= 4 is 28.3 Å². The van der Waals surface area contributed by atoms with E-state index in [9.17, 15) is 4.79 Å². The maximum atomic E-state index is 12.1. The van der Waals surface area contributed by atoms with Crippen molar-refractivity contribution in [2.75, 3.05) is 19.4 Å². The zero-order valence-corrected chi connectivity index (χ0v) is 13.2. The van der Waals surface area contributed by atoms with E-state index in [1.165, 1.54) is 0 Å². The smallest absolute Gasteiger partial charge is 0.244 e. The maximum Gasteiger partial charge on any atom is 0.244 e. The van der Waals surface area contributed by atoms with Gasteiger partial charge in [0.25, 0.3) is 0 Å². The van der Waals surface area contributed by atoms with Gasteiger partial charge in [0, 0.05) is 25.5 Å². The van der Waals surface area contributed by atoms with Crippen molar-refractivity contribution in [3.63, 3.8) is 0 Å². The van der Waals surface area contributed by atoms with E-state index in [-0.39, 0.29) is 11.9 Å². The van der Waals surface area contributed by atoms with Crippen LogP contribution in [0.2, 0.25) is 0 Å². The van der Waals surface area contributed by atoms with Gasteiger partial charge in [-0.3, -0.25) is 4.79 Å². The summed E-state index contributed by atoms with van der Waals surface area (Å²) in [5.41, 5.74) is 2.64. The third-order valence-electron chi connectivity index (χ3n) is 3.59. The van der Waals surface area contributed by atoms with E-state index in [1.807, 2.05) is 48.7 Å². The Bertz CT molecular complexity index is 852. The number of benzene rings is 1. The second-order valence-corrected chi connectivity index (χ2v) is 5.63. The van der Waals surface area contributed by atoms with Crippen LogP contribution in [0.3, 0.4) is 0 Å². The second kappa shape index (κ2) is 5.29. The van der Waals surface area contributed by atoms with Crippen molar-refractivity contribution < 1.29 is 4.79 Å². The fourth-order valence-electron chi connectivity index (χ4n) is 2.54. The second-order valence-electron chi connectivity index (χ2n) is 5.63. The van der Waals surface area contributed by atoms with Gasteiger partial charge in [-0.15, -0.1) is 0 Å². The summed E-state index contributed by atoms with van der Waals surface area (Å²) in [7, 11) is 3.49. The Kier molecular flexibility index (Phi) is 3.44. The molecule has 2 aromatic heterocycles. The molecule has 0 unspecified atom stereocenters. The predicted octanol–water partition coefficient (Wildman–Crippen LogP) is 2.08. The van der Waals surface area contributed by atoms with Gasteiger partial charge in [-0.25, -0.2) is 9.50 Å². The number of hydrogen-bond acceptors (Lipinski definition) is 4. The number of aryl methyl sites for hydroxylation is 1. The van der Waals surface area contributed by atoms with Gasteiger partial charge in [0.1, 0.15) is 11.9 Å². The number of nitrogens with one attached hydrogen (secondary N) is 1. The average molecular weight is 297 g/mol. The lowest BCUT2D eigenvalue weighted by Crippen LogP contribution is -2.36. The Hall–Kier alpha value is -2.63. The van der Waals surface area contributed by atoms with Crippen molar-refractivity contribution in [1.29, 1.82) is 0 Å². The van der Waals surface area contributed by atoms with Gasteiger partial charge in [-0.1, -0.05) is 12.1 Å². The molecule has 1 atom stereocenters. The number of aromatic nitrogens is 3. The SMILES string of the molecule is Cc1cc2nc(N[C@H](C)C(=O)N(C)C)c3ccccc3n2n1. The monoisotopic (exact) mass is 297 g/mol. The minimum absolute atomic E-state index is 0.00967. The molecule has 0 fully saturated rings. The highest BCUT2D eigenvalue weighted by Gasteiger charge is 2.17. The molecular formula is C16H19N5O. The molecule has 1 aromatic carbocycles. The number of nitrogens with zero attached hydrogens (tertiary/aromatic N) is 4. The lowest BCUT2D eigenvalue weighted by molar-refractivity contribution is -0.129. The van der Waals surface area contributed by atoms with E-state index in [1.54, 1.807) is 19.0 Å². The van der Waals surface area contributed by atoms with Gasteiger partial charge in [0.05, 0.1) is 11.2 Å². The molecule has 2 heterocycles. The molecule has 6 heteroatoms. The van der Waals surface area contributed by atoms with Gasteiger partial charge in [-0.2, -0.15) is 5.10 Å². The Morgan fingerprint density at radius 1 is 1.32 bits per heavy atom. The fraction of sp³-hybridized carbons (Fsp3) is 0.312. The maximum absolute atomic E-state index is 12.1. The first-order chi connectivity index (χ1) is 10.5. The first kappa shape index (κ1) is 14.3. The molecule has 3 rings (SSSR count). The fourth-order valence-corrected chi connectivity index (χ4v) is 2.54. The highest BCUT2D eigenvalue weighted by Crippen LogP contribution is 2.24. The van der Waals surface area contributed by atoms with Crippen LogP contribution in [0.4, 0.5) is 5.82 Å². The predicted molar refractivity (Wildman–Crippen MR) is 87.0 cm³/mol. The van der Waals surface area contributed by atoms with E-state index in [0.29, 0.717) is 5.82 Å². The van der Waals surface area contributed by atoms with E-state index >= 15 is 0 Å². The highest BCUT2D eigenvalue weighted by atomic mass is 16.2. The van der Waals surface area contributed by atoms with Crippen molar-refractivity contribution in [2.45, 2.75) is 19.9 Å². The van der Waals surface area contributed by atoms with Crippen LogP contribution in [-0.4, -0.2) is 45.5 Å². The lowest BCUT2D eigenvalue weighted by Gasteiger charge is -2.19. The molecule has 0 aliphatic rings. The van der Waals surface area contributed by atoms with Gasteiger partial charge in [0.2, 0.25) is 5.91 Å². The number of carbonyl (C=O) groups is 1. The molecule has 114 valence electrons. The van der Waals surface area contributed by atoms with Crippen LogP contribution >= 0.6 is 0 Å². The van der Waals surface area contributed by atoms with E-state index in [0.717, 1.165) is 22.2 Å². The van der Waals surface area contributed by atoms with Gasteiger partial charge >= 0.3 is 0 Å². The molecule has 6 nitrogen and oxygen atoms in total. The Morgan fingerprint density at radius 3 is 2.77 bits per heavy atom. The largest absolute Gasteiger partial charge is 0.358 e. The Morgan fingerprint density at radius 2 is 2.05 bits per heavy atom. The number of hydrogen-bond donors (Lipinski definition) is 1. The van der Waals surface area contributed by atoms with Crippen molar-refractivity contribution in [3.8, 4) is 0 Å². The molecule has 22 heavy (non-hydrogen) atoms. The van der Waals surface area contributed by atoms with E-state index < -0.39 is 0 Å². The zero-order valence-electron chi connectivity index (χ0n) is 13.2. The molecular weight excluding hydrogens is 278 g/mol. The lowest BCUT2D eigenvalue weighted by atomic mass is 10.2. The molecule has 0 saturated carbocycles. The molecule has 0 bridgehead atoms. The summed E-state index contributed by atoms with van der Waals surface area (Å²) in [5, 5.41) is 8.64. The van der Waals surface area contributed by atoms with Crippen LogP contribution in [-0.2, 0) is 4.79 Å². The summed E-state index contributed by atoms with van der Waals surface area (Å²) in [6.45, 7) is 3.78. The Balaban J connectivity index is 2.13. The average Bonchev–Trinajstić information content (AvgIpc) is 2.87. The molecule has 0 aliphatic carbocycles. The molecule has 1 amide bonds. The first-order valence-electron chi connectivity index (χ1n) is 7.20. The van der Waals surface area contributed by atoms with Gasteiger partial charge in [0.15, 0.2) is 5.65 Å². The van der Waals surface area contributed by atoms with Crippen molar-refractivity contribution in [2.24, 2.45) is 0 Å². The summed E-state index contributed by atoms with van der Waals surface area (Å²) in [5.74, 6) is 0.709. The number of likely N-dealkylation sites (N-methyl/N-ethyl adjacent to an activating group) is 1. The third kappa shape index (κ3) is 2.36. The van der Waals surface area contributed by atoms with E-state index in [2.05, 4.69) is 15.4 Å². The molecule has 0 spiro atoms. The van der Waals surface area contributed by atoms with Crippen LogP contribution in [0, 0.1) is 6.92 Å². The number of para-hydroxylation sites is 1. The molecule has 0 aliphatic heterocycles. The molecule has 1 N–H and O–H groups in total. The number of fused-ring (bicyclic) bond motifs is 3. The summed E-state index contributed by atoms with van der Waals surface area (Å²) in [6, 6.07) is 9.48. The molecule has 0 radical (unpaired) electrons. The van der Waals surface area contributed by atoms with Crippen molar-refractivity contribution in [1.82, 2.24) is 19.5 Å². The summed E-state index contributed by atoms with van der Waals surface area (Å²) in [6.07, 6.45) is 0. The normalized spacial score (nSPS) is 12.5. The summed E-state index contributed by atoms with van der Waals surface area (Å²) < 4.78 is 1.83. The first-order valence-corrected chi connectivity index (χ1v) is 7.20. The van der Waals surface area contributed by atoms with Crippen LogP contribution in [0.5, 0.6) is 0 Å². The third-order valence-corrected chi connectivity index (χ3v) is 3.59. The van der Waals surface area contributed by atoms with Gasteiger partial charge in [-0.05, 0) is 26.0 Å². The van der Waals surface area contributed by atoms with Gasteiger partial charge < -0.3 is 10.2 Å². The number of carbonyl (C=O) groups excluding carboxylic acids is 1. The minimum atomic E-state index is -0.350. The van der Waals surface area contributed by atoms with E-state index in [4.69, 9.17) is 0 Å². The number of anilines is 1. The van der Waals surface area contributed by atoms with Crippen LogP contribution in [0.25, 0.3) is 16.6 Å². The molecule has 3 aromatic rings. The molecule has 0 saturated heterocycles. The highest BCUT2D eigenvalue weighted by molar-refractivity contribution is 5.93. The Labute approximate surface area is 128 Å². The standard InChI is InChI=1S/C16H19N5O/c1-10-9-14-18-15(17-11(2)16(22)20(3)4)12-7-5-6-8-13(12)21(14)19-10/h5-9,11H,1-4H3,(H,17,18)/t11-/m1/s1. The number of amides is 1. The van der Waals surface area contributed by atoms with Crippen molar-refractivity contribution in [3.05, 3.63) is 36.0 Å².